The third-order valence-corrected chi connectivity index (χ3v) is 5.77. The summed E-state index contributed by atoms with van der Waals surface area (Å²) in [7, 11) is 1.38. The molecule has 11 heteroatoms. The number of benzene rings is 3. The molecule has 0 saturated heterocycles. The lowest BCUT2D eigenvalue weighted by Crippen LogP contribution is -2.22. The van der Waals surface area contributed by atoms with Crippen LogP contribution in [0.1, 0.15) is 47.7 Å². The molecule has 9 nitrogen and oxygen atoms in total. The standard InChI is InChI=1S/C31H34F2N2O7/c1-3-4-14-39-27-12-9-23(19-28(27)38-2)31(32,33)42-26-10-6-21(7-11-26)8-13-29(36)40-15-5-16-41-30(37)22-17-24(34)20-25(35)18-22/h6-13,17-20H,3-5,14-16,34-35H2,1-2H3/b13-8+. The summed E-state index contributed by atoms with van der Waals surface area (Å²) in [4.78, 5) is 24.0. The van der Waals surface area contributed by atoms with E-state index in [4.69, 9.17) is 35.2 Å². The summed E-state index contributed by atoms with van der Waals surface area (Å²) in [5.41, 5.74) is 12.4. The number of carbonyl (C=O) groups excluding carboxylic acids is 2. The number of alkyl halides is 2. The molecule has 3 aromatic rings. The minimum Gasteiger partial charge on any atom is -0.493 e. The van der Waals surface area contributed by atoms with E-state index in [9.17, 15) is 18.4 Å². The summed E-state index contributed by atoms with van der Waals surface area (Å²) < 4.78 is 55.7. The molecule has 224 valence electrons. The average Bonchev–Trinajstić information content (AvgIpc) is 2.96. The molecule has 3 aromatic carbocycles. The van der Waals surface area contributed by atoms with Gasteiger partial charge in [0.05, 0.1) is 38.1 Å². The number of nitrogens with two attached hydrogens (primary N) is 2. The fourth-order valence-electron chi connectivity index (χ4n) is 3.63. The minimum atomic E-state index is -3.63. The maximum absolute atomic E-state index is 14.9. The van der Waals surface area contributed by atoms with Crippen molar-refractivity contribution in [1.82, 2.24) is 0 Å². The minimum absolute atomic E-state index is 0.0218. The molecule has 0 amide bonds. The number of carbonyl (C=O) groups is 2. The van der Waals surface area contributed by atoms with Crippen molar-refractivity contribution >= 4 is 29.4 Å². The van der Waals surface area contributed by atoms with Gasteiger partial charge in [-0.05, 0) is 66.6 Å². The van der Waals surface area contributed by atoms with Gasteiger partial charge in [-0.15, -0.1) is 0 Å². The van der Waals surface area contributed by atoms with Crippen molar-refractivity contribution in [2.24, 2.45) is 0 Å². The van der Waals surface area contributed by atoms with Crippen LogP contribution in [0.15, 0.2) is 66.7 Å². The summed E-state index contributed by atoms with van der Waals surface area (Å²) in [5.74, 6) is -0.715. The van der Waals surface area contributed by atoms with Crippen LogP contribution >= 0.6 is 0 Å². The molecule has 0 saturated carbocycles. The fourth-order valence-corrected chi connectivity index (χ4v) is 3.63. The number of rotatable bonds is 15. The number of methoxy groups -OCH3 is 1. The maximum Gasteiger partial charge on any atom is 0.426 e. The zero-order valence-corrected chi connectivity index (χ0v) is 23.4. The van der Waals surface area contributed by atoms with Crippen LogP contribution in [-0.2, 0) is 20.4 Å². The average molecular weight is 585 g/mol. The first-order valence-electron chi connectivity index (χ1n) is 13.3. The smallest absolute Gasteiger partial charge is 0.426 e. The summed E-state index contributed by atoms with van der Waals surface area (Å²) in [6.07, 6.45) is 1.09. The second kappa shape index (κ2) is 15.3. The van der Waals surface area contributed by atoms with Gasteiger partial charge in [0.1, 0.15) is 5.75 Å². The summed E-state index contributed by atoms with van der Waals surface area (Å²) in [6, 6.07) is 14.0. The highest BCUT2D eigenvalue weighted by atomic mass is 19.3. The molecular formula is C31H34F2N2O7. The number of esters is 2. The number of unbranched alkanes of at least 4 members (excludes halogenated alkanes) is 1. The molecule has 0 bridgehead atoms. The molecular weight excluding hydrogens is 550 g/mol. The van der Waals surface area contributed by atoms with Gasteiger partial charge in [0.25, 0.3) is 0 Å². The van der Waals surface area contributed by atoms with Crippen molar-refractivity contribution in [1.29, 1.82) is 0 Å². The molecule has 42 heavy (non-hydrogen) atoms. The predicted molar refractivity (Wildman–Crippen MR) is 155 cm³/mol. The normalized spacial score (nSPS) is 11.2. The van der Waals surface area contributed by atoms with Crippen LogP contribution in [0.4, 0.5) is 20.2 Å². The van der Waals surface area contributed by atoms with Crippen LogP contribution in [0.5, 0.6) is 17.2 Å². The zero-order valence-electron chi connectivity index (χ0n) is 23.4. The lowest BCUT2D eigenvalue weighted by molar-refractivity contribution is -0.185. The molecule has 0 spiro atoms. The maximum atomic E-state index is 14.9. The van der Waals surface area contributed by atoms with Gasteiger partial charge < -0.3 is 35.2 Å². The molecule has 3 rings (SSSR count). The van der Waals surface area contributed by atoms with Crippen LogP contribution < -0.4 is 25.7 Å². The first kappa shape index (κ1) is 31.7. The van der Waals surface area contributed by atoms with E-state index in [1.54, 1.807) is 0 Å². The summed E-state index contributed by atoms with van der Waals surface area (Å²) in [5, 5.41) is 0. The van der Waals surface area contributed by atoms with E-state index in [1.165, 1.54) is 79.9 Å². The number of hydrogen-bond donors (Lipinski definition) is 2. The molecule has 0 aliphatic rings. The van der Waals surface area contributed by atoms with Gasteiger partial charge in [-0.3, -0.25) is 0 Å². The van der Waals surface area contributed by atoms with Gasteiger partial charge in [-0.2, -0.15) is 8.78 Å². The highest BCUT2D eigenvalue weighted by Gasteiger charge is 2.35. The Bertz CT molecular complexity index is 1360. The Balaban J connectivity index is 1.45. The Kier molecular flexibility index (Phi) is 11.5. The van der Waals surface area contributed by atoms with E-state index in [-0.39, 0.29) is 36.7 Å². The van der Waals surface area contributed by atoms with Gasteiger partial charge in [0.2, 0.25) is 0 Å². The van der Waals surface area contributed by atoms with Gasteiger partial charge in [-0.25, -0.2) is 9.59 Å². The van der Waals surface area contributed by atoms with E-state index < -0.39 is 23.6 Å². The molecule has 0 aliphatic carbocycles. The zero-order chi connectivity index (χ0) is 30.5. The van der Waals surface area contributed by atoms with Crippen molar-refractivity contribution in [3.63, 3.8) is 0 Å². The highest BCUT2D eigenvalue weighted by molar-refractivity contribution is 5.91. The molecule has 0 fully saturated rings. The molecule has 4 N–H and O–H groups in total. The Hall–Kier alpha value is -4.80. The monoisotopic (exact) mass is 584 g/mol. The van der Waals surface area contributed by atoms with Crippen molar-refractivity contribution < 1.29 is 42.1 Å². The molecule has 0 aromatic heterocycles. The Morgan fingerprint density at radius 2 is 1.55 bits per heavy atom. The van der Waals surface area contributed by atoms with Crippen molar-refractivity contribution in [3.05, 3.63) is 83.4 Å². The van der Waals surface area contributed by atoms with Crippen LogP contribution in [0.2, 0.25) is 0 Å². The largest absolute Gasteiger partial charge is 0.493 e. The van der Waals surface area contributed by atoms with E-state index in [0.29, 0.717) is 29.3 Å². The first-order valence-corrected chi connectivity index (χ1v) is 13.3. The molecule has 0 aliphatic heterocycles. The number of anilines is 2. The van der Waals surface area contributed by atoms with Crippen molar-refractivity contribution in [3.8, 4) is 17.2 Å². The Labute approximate surface area is 243 Å². The second-order valence-corrected chi connectivity index (χ2v) is 9.13. The van der Waals surface area contributed by atoms with Crippen LogP contribution in [-0.4, -0.2) is 38.9 Å². The van der Waals surface area contributed by atoms with Crippen LogP contribution in [0.25, 0.3) is 6.08 Å². The number of nitrogen functional groups attached to an aromatic ring is 2. The lowest BCUT2D eigenvalue weighted by atomic mass is 10.1. The lowest BCUT2D eigenvalue weighted by Gasteiger charge is -2.20. The van der Waals surface area contributed by atoms with Gasteiger partial charge in [0.15, 0.2) is 11.5 Å². The van der Waals surface area contributed by atoms with Crippen molar-refractivity contribution in [2.75, 3.05) is 38.4 Å². The highest BCUT2D eigenvalue weighted by Crippen LogP contribution is 2.37. The Morgan fingerprint density at radius 3 is 2.21 bits per heavy atom. The Morgan fingerprint density at radius 1 is 0.857 bits per heavy atom. The third kappa shape index (κ3) is 9.69. The number of halogens is 2. The molecule has 0 atom stereocenters. The number of ether oxygens (including phenoxy) is 5. The van der Waals surface area contributed by atoms with Gasteiger partial charge in [0, 0.05) is 23.9 Å². The quantitative estimate of drug-likeness (QED) is 0.0959. The van der Waals surface area contributed by atoms with E-state index in [0.717, 1.165) is 12.8 Å². The molecule has 0 heterocycles. The predicted octanol–water partition coefficient (Wildman–Crippen LogP) is 5.97. The van der Waals surface area contributed by atoms with Gasteiger partial charge >= 0.3 is 18.0 Å². The van der Waals surface area contributed by atoms with Crippen LogP contribution in [0, 0.1) is 0 Å². The van der Waals surface area contributed by atoms with Crippen LogP contribution in [0.3, 0.4) is 0 Å². The fraction of sp³-hybridized carbons (Fsp3) is 0.290. The van der Waals surface area contributed by atoms with E-state index >= 15 is 0 Å². The van der Waals surface area contributed by atoms with E-state index in [2.05, 4.69) is 0 Å². The topological polar surface area (TPSA) is 132 Å². The summed E-state index contributed by atoms with van der Waals surface area (Å²) >= 11 is 0. The van der Waals surface area contributed by atoms with Crippen molar-refractivity contribution in [2.45, 2.75) is 32.3 Å². The molecule has 0 unspecified atom stereocenters. The SMILES string of the molecule is CCCCOc1ccc(C(F)(F)Oc2ccc(/C=C/C(=O)OCCCOC(=O)c3cc(N)cc(N)c3)cc2)cc1OC. The molecule has 0 radical (unpaired) electrons. The van der Waals surface area contributed by atoms with E-state index in [1.807, 2.05) is 6.92 Å². The third-order valence-electron chi connectivity index (χ3n) is 5.77. The first-order chi connectivity index (χ1) is 20.1. The summed E-state index contributed by atoms with van der Waals surface area (Å²) in [6.45, 7) is 2.53. The van der Waals surface area contributed by atoms with Gasteiger partial charge in [-0.1, -0.05) is 25.5 Å². The second-order valence-electron chi connectivity index (χ2n) is 9.13. The number of hydrogen-bond acceptors (Lipinski definition) is 9.